The van der Waals surface area contributed by atoms with Crippen molar-refractivity contribution >= 4 is 5.57 Å². The highest BCUT2D eigenvalue weighted by molar-refractivity contribution is 5.71. The molecule has 0 radical (unpaired) electrons. The van der Waals surface area contributed by atoms with Crippen LogP contribution in [0.5, 0.6) is 0 Å². The van der Waals surface area contributed by atoms with Gasteiger partial charge in [-0.2, -0.15) is 5.26 Å². The van der Waals surface area contributed by atoms with Gasteiger partial charge in [0.1, 0.15) is 0 Å². The molecule has 0 spiro atoms. The molecule has 0 amide bonds. The number of rotatable bonds is 7. The lowest BCUT2D eigenvalue weighted by molar-refractivity contribution is 0.787. The number of unbranched alkanes of at least 4 members (excludes halogenated alkanes) is 2. The van der Waals surface area contributed by atoms with E-state index in [1.165, 1.54) is 17.6 Å². The normalized spacial score (nSPS) is 11.8. The van der Waals surface area contributed by atoms with Gasteiger partial charge < -0.3 is 0 Å². The Hall–Kier alpha value is -1.55. The van der Waals surface area contributed by atoms with E-state index in [0.717, 1.165) is 37.7 Å². The van der Waals surface area contributed by atoms with Gasteiger partial charge in [-0.3, -0.25) is 0 Å². The van der Waals surface area contributed by atoms with Crippen LogP contribution in [-0.2, 0) is 0 Å². The fourth-order valence-electron chi connectivity index (χ4n) is 2.09. The number of benzene rings is 1. The molecule has 0 aliphatic heterocycles. The summed E-state index contributed by atoms with van der Waals surface area (Å²) in [6, 6.07) is 12.8. The third-order valence-corrected chi connectivity index (χ3v) is 3.18. The largest absolute Gasteiger partial charge is 0.193 e. The maximum Gasteiger partial charge on any atom is 0.0950 e. The number of allylic oxidation sites excluding steroid dienone is 2. The summed E-state index contributed by atoms with van der Waals surface area (Å²) in [7, 11) is 0. The minimum atomic E-state index is 0.918. The van der Waals surface area contributed by atoms with Crippen molar-refractivity contribution < 1.29 is 0 Å². The highest BCUT2D eigenvalue weighted by Gasteiger charge is 2.08. The lowest BCUT2D eigenvalue weighted by Crippen LogP contribution is -1.92. The summed E-state index contributed by atoms with van der Waals surface area (Å²) in [5.41, 5.74) is 3.46. The van der Waals surface area contributed by atoms with Crippen molar-refractivity contribution in [1.82, 2.24) is 0 Å². The Morgan fingerprint density at radius 2 is 1.61 bits per heavy atom. The van der Waals surface area contributed by atoms with Gasteiger partial charge in [0.05, 0.1) is 6.07 Å². The third kappa shape index (κ3) is 4.37. The van der Waals surface area contributed by atoms with E-state index >= 15 is 0 Å². The summed E-state index contributed by atoms with van der Waals surface area (Å²) in [4.78, 5) is 0. The first-order valence-electron chi connectivity index (χ1n) is 7.01. The molecule has 0 fully saturated rings. The minimum absolute atomic E-state index is 0.918. The third-order valence-electron chi connectivity index (χ3n) is 3.18. The SMILES string of the molecule is CCCC/C(C#N)=C(/CCCC)c1ccccc1. The van der Waals surface area contributed by atoms with Gasteiger partial charge >= 0.3 is 0 Å². The molecule has 18 heavy (non-hydrogen) atoms. The summed E-state index contributed by atoms with van der Waals surface area (Å²) in [5.74, 6) is 0. The molecule has 0 N–H and O–H groups in total. The van der Waals surface area contributed by atoms with Crippen molar-refractivity contribution in [2.45, 2.75) is 52.4 Å². The summed E-state index contributed by atoms with van der Waals surface area (Å²) in [5, 5.41) is 9.38. The first kappa shape index (κ1) is 14.5. The summed E-state index contributed by atoms with van der Waals surface area (Å²) < 4.78 is 0. The zero-order valence-electron chi connectivity index (χ0n) is 11.6. The van der Waals surface area contributed by atoms with E-state index in [1.807, 2.05) is 6.07 Å². The molecular formula is C17H23N. The maximum absolute atomic E-state index is 9.38. The number of nitrogens with zero attached hydrogens (tertiary/aromatic N) is 1. The summed E-state index contributed by atoms with van der Waals surface area (Å²) in [6.07, 6.45) is 6.50. The average molecular weight is 241 g/mol. The van der Waals surface area contributed by atoms with E-state index in [4.69, 9.17) is 0 Å². The Labute approximate surface area is 111 Å². The zero-order chi connectivity index (χ0) is 13.2. The van der Waals surface area contributed by atoms with Gasteiger partial charge in [0.25, 0.3) is 0 Å². The van der Waals surface area contributed by atoms with Crippen molar-refractivity contribution in [3.05, 3.63) is 41.5 Å². The number of nitriles is 1. The molecule has 1 heteroatoms. The first-order valence-corrected chi connectivity index (χ1v) is 7.01. The summed E-state index contributed by atoms with van der Waals surface area (Å²) in [6.45, 7) is 4.37. The Kier molecular flexibility index (Phi) is 6.87. The molecule has 96 valence electrons. The lowest BCUT2D eigenvalue weighted by Gasteiger charge is -2.10. The van der Waals surface area contributed by atoms with Gasteiger partial charge in [-0.25, -0.2) is 0 Å². The molecule has 0 saturated carbocycles. The molecule has 0 heterocycles. The highest BCUT2D eigenvalue weighted by Crippen LogP contribution is 2.27. The first-order chi connectivity index (χ1) is 8.83. The Morgan fingerprint density at radius 1 is 1.00 bits per heavy atom. The van der Waals surface area contributed by atoms with Crippen LogP contribution in [0.15, 0.2) is 35.9 Å². The standard InChI is InChI=1S/C17H23N/c1-3-5-10-16(14-18)17(13-6-4-2)15-11-8-7-9-12-15/h7-9,11-12H,3-6,10,13H2,1-2H3/b17-16+. The highest BCUT2D eigenvalue weighted by atomic mass is 14.3. The number of hydrogen-bond acceptors (Lipinski definition) is 1. The molecule has 0 unspecified atom stereocenters. The molecule has 1 rings (SSSR count). The van der Waals surface area contributed by atoms with Crippen LogP contribution in [0.25, 0.3) is 5.57 Å². The van der Waals surface area contributed by atoms with Gasteiger partial charge in [0.15, 0.2) is 0 Å². The molecule has 0 atom stereocenters. The smallest absolute Gasteiger partial charge is 0.0950 e. The van der Waals surface area contributed by atoms with Crippen LogP contribution in [-0.4, -0.2) is 0 Å². The molecule has 0 saturated heterocycles. The Morgan fingerprint density at radius 3 is 2.17 bits per heavy atom. The van der Waals surface area contributed by atoms with E-state index in [-0.39, 0.29) is 0 Å². The van der Waals surface area contributed by atoms with Crippen LogP contribution in [0.4, 0.5) is 0 Å². The monoisotopic (exact) mass is 241 g/mol. The van der Waals surface area contributed by atoms with Crippen LogP contribution in [0.2, 0.25) is 0 Å². The molecule has 0 aliphatic rings. The summed E-state index contributed by atoms with van der Waals surface area (Å²) >= 11 is 0. The van der Waals surface area contributed by atoms with Crippen LogP contribution in [0.1, 0.15) is 57.9 Å². The molecule has 0 aliphatic carbocycles. The molecular weight excluding hydrogens is 218 g/mol. The predicted molar refractivity (Wildman–Crippen MR) is 78.0 cm³/mol. The molecule has 0 aromatic heterocycles. The maximum atomic E-state index is 9.38. The van der Waals surface area contributed by atoms with Gasteiger partial charge in [0.2, 0.25) is 0 Å². The fraction of sp³-hybridized carbons (Fsp3) is 0.471. The van der Waals surface area contributed by atoms with E-state index in [0.29, 0.717) is 0 Å². The molecule has 0 bridgehead atoms. The average Bonchev–Trinajstić information content (AvgIpc) is 2.43. The van der Waals surface area contributed by atoms with Crippen molar-refractivity contribution in [2.24, 2.45) is 0 Å². The van der Waals surface area contributed by atoms with E-state index in [1.54, 1.807) is 0 Å². The van der Waals surface area contributed by atoms with Crippen LogP contribution < -0.4 is 0 Å². The van der Waals surface area contributed by atoms with E-state index in [9.17, 15) is 5.26 Å². The van der Waals surface area contributed by atoms with Gasteiger partial charge in [-0.05, 0) is 36.8 Å². The molecule has 1 aromatic carbocycles. The van der Waals surface area contributed by atoms with Crippen molar-refractivity contribution in [2.75, 3.05) is 0 Å². The van der Waals surface area contributed by atoms with Gasteiger partial charge in [-0.15, -0.1) is 0 Å². The molecule has 1 nitrogen and oxygen atoms in total. The second-order valence-electron chi connectivity index (χ2n) is 4.64. The lowest BCUT2D eigenvalue weighted by atomic mass is 9.93. The fourth-order valence-corrected chi connectivity index (χ4v) is 2.09. The van der Waals surface area contributed by atoms with Gasteiger partial charge in [0, 0.05) is 5.57 Å². The van der Waals surface area contributed by atoms with Crippen LogP contribution in [0.3, 0.4) is 0 Å². The van der Waals surface area contributed by atoms with Crippen LogP contribution >= 0.6 is 0 Å². The van der Waals surface area contributed by atoms with Crippen molar-refractivity contribution in [1.29, 1.82) is 5.26 Å². The number of hydrogen-bond donors (Lipinski definition) is 0. The second kappa shape index (κ2) is 8.53. The topological polar surface area (TPSA) is 23.8 Å². The minimum Gasteiger partial charge on any atom is -0.193 e. The molecule has 1 aromatic rings. The second-order valence-corrected chi connectivity index (χ2v) is 4.64. The van der Waals surface area contributed by atoms with Crippen molar-refractivity contribution in [3.63, 3.8) is 0 Å². The van der Waals surface area contributed by atoms with Gasteiger partial charge in [-0.1, -0.05) is 57.0 Å². The van der Waals surface area contributed by atoms with Crippen molar-refractivity contribution in [3.8, 4) is 6.07 Å². The Balaban J connectivity index is 3.02. The van der Waals surface area contributed by atoms with E-state index in [2.05, 4.69) is 44.2 Å². The van der Waals surface area contributed by atoms with Crippen LogP contribution in [0, 0.1) is 11.3 Å². The van der Waals surface area contributed by atoms with E-state index < -0.39 is 0 Å². The Bertz CT molecular complexity index is 409. The quantitative estimate of drug-likeness (QED) is 0.591. The zero-order valence-corrected chi connectivity index (χ0v) is 11.6. The predicted octanol–water partition coefficient (Wildman–Crippen LogP) is 5.34.